The summed E-state index contributed by atoms with van der Waals surface area (Å²) in [5.74, 6) is 0.959. The highest BCUT2D eigenvalue weighted by Crippen LogP contribution is 2.15. The van der Waals surface area contributed by atoms with E-state index in [9.17, 15) is 0 Å². The van der Waals surface area contributed by atoms with E-state index in [1.165, 1.54) is 19.4 Å². The van der Waals surface area contributed by atoms with Gasteiger partial charge in [0.15, 0.2) is 0 Å². The molecule has 1 aromatic rings. The van der Waals surface area contributed by atoms with Crippen molar-refractivity contribution in [1.29, 1.82) is 0 Å². The maximum absolute atomic E-state index is 5.70. The summed E-state index contributed by atoms with van der Waals surface area (Å²) in [5.41, 5.74) is 1.12. The van der Waals surface area contributed by atoms with Gasteiger partial charge in [0.1, 0.15) is 5.75 Å². The lowest BCUT2D eigenvalue weighted by molar-refractivity contribution is -0.870. The molecule has 18 heavy (non-hydrogen) atoms. The molecule has 102 valence electrons. The Bertz CT molecular complexity index is 327. The van der Waals surface area contributed by atoms with Crippen LogP contribution >= 0.6 is 0 Å². The first kappa shape index (κ1) is 14.8. The molecule has 1 N–H and O–H groups in total. The van der Waals surface area contributed by atoms with E-state index in [1.807, 2.05) is 31.3 Å². The third kappa shape index (κ3) is 6.50. The van der Waals surface area contributed by atoms with Gasteiger partial charge < -0.3 is 14.5 Å². The second kappa shape index (κ2) is 7.27. The van der Waals surface area contributed by atoms with Crippen LogP contribution in [0.2, 0.25) is 0 Å². The number of quaternary nitrogens is 1. The van der Waals surface area contributed by atoms with Crippen molar-refractivity contribution < 1.29 is 9.22 Å². The summed E-state index contributed by atoms with van der Waals surface area (Å²) < 4.78 is 6.75. The first-order chi connectivity index (χ1) is 8.51. The Labute approximate surface area is 111 Å². The molecule has 0 heterocycles. The van der Waals surface area contributed by atoms with E-state index in [-0.39, 0.29) is 0 Å². The van der Waals surface area contributed by atoms with Gasteiger partial charge in [0, 0.05) is 12.7 Å². The van der Waals surface area contributed by atoms with E-state index in [4.69, 9.17) is 4.74 Å². The lowest BCUT2D eigenvalue weighted by atomic mass is 10.2. The zero-order valence-electron chi connectivity index (χ0n) is 12.2. The third-order valence-corrected chi connectivity index (χ3v) is 2.88. The maximum atomic E-state index is 5.70. The molecule has 3 nitrogen and oxygen atoms in total. The molecular formula is C15H27N2O+. The largest absolute Gasteiger partial charge is 0.494 e. The summed E-state index contributed by atoms with van der Waals surface area (Å²) in [6.07, 6.45) is 3.64. The molecule has 0 bridgehead atoms. The van der Waals surface area contributed by atoms with Crippen LogP contribution in [0.5, 0.6) is 5.75 Å². The van der Waals surface area contributed by atoms with Crippen LogP contribution < -0.4 is 10.1 Å². The highest BCUT2D eigenvalue weighted by molar-refractivity contribution is 5.45. The third-order valence-electron chi connectivity index (χ3n) is 2.88. The fourth-order valence-electron chi connectivity index (χ4n) is 1.77. The van der Waals surface area contributed by atoms with Crippen LogP contribution in [-0.4, -0.2) is 45.8 Å². The first-order valence-corrected chi connectivity index (χ1v) is 6.72. The lowest BCUT2D eigenvalue weighted by Crippen LogP contribution is -2.35. The second-order valence-corrected chi connectivity index (χ2v) is 5.70. The topological polar surface area (TPSA) is 21.3 Å². The van der Waals surface area contributed by atoms with Crippen molar-refractivity contribution in [2.45, 2.75) is 19.3 Å². The molecule has 0 aromatic heterocycles. The minimum Gasteiger partial charge on any atom is -0.494 e. The second-order valence-electron chi connectivity index (χ2n) is 5.70. The average Bonchev–Trinajstić information content (AvgIpc) is 2.33. The molecule has 0 aliphatic carbocycles. The summed E-state index contributed by atoms with van der Waals surface area (Å²) in [6.45, 7) is 2.05. The van der Waals surface area contributed by atoms with Crippen LogP contribution in [0.1, 0.15) is 19.3 Å². The highest BCUT2D eigenvalue weighted by Gasteiger charge is 2.05. The van der Waals surface area contributed by atoms with Gasteiger partial charge in [-0.15, -0.1) is 0 Å². The molecule has 0 unspecified atom stereocenters. The number of ether oxygens (including phenoxy) is 1. The number of unbranched alkanes of at least 4 members (excludes halogenated alkanes) is 2. The van der Waals surface area contributed by atoms with E-state index in [0.29, 0.717) is 0 Å². The van der Waals surface area contributed by atoms with Crippen molar-refractivity contribution >= 4 is 5.69 Å². The highest BCUT2D eigenvalue weighted by atomic mass is 16.5. The van der Waals surface area contributed by atoms with E-state index in [0.717, 1.165) is 28.9 Å². The van der Waals surface area contributed by atoms with Crippen LogP contribution in [0.15, 0.2) is 24.3 Å². The van der Waals surface area contributed by atoms with E-state index >= 15 is 0 Å². The van der Waals surface area contributed by atoms with Gasteiger partial charge in [-0.05, 0) is 43.5 Å². The maximum Gasteiger partial charge on any atom is 0.119 e. The Morgan fingerprint density at radius 1 is 1.00 bits per heavy atom. The van der Waals surface area contributed by atoms with Gasteiger partial charge in [-0.25, -0.2) is 0 Å². The van der Waals surface area contributed by atoms with Gasteiger partial charge in [0.2, 0.25) is 0 Å². The fraction of sp³-hybridized carbons (Fsp3) is 0.600. The smallest absolute Gasteiger partial charge is 0.119 e. The van der Waals surface area contributed by atoms with Crippen molar-refractivity contribution in [3.05, 3.63) is 24.3 Å². The Morgan fingerprint density at radius 2 is 1.67 bits per heavy atom. The molecule has 0 amide bonds. The summed E-state index contributed by atoms with van der Waals surface area (Å²) in [6, 6.07) is 8.09. The van der Waals surface area contributed by atoms with E-state index in [1.54, 1.807) is 0 Å². The van der Waals surface area contributed by atoms with Crippen LogP contribution in [0.4, 0.5) is 5.69 Å². The number of hydrogen-bond acceptors (Lipinski definition) is 2. The van der Waals surface area contributed by atoms with Crippen LogP contribution in [0.25, 0.3) is 0 Å². The summed E-state index contributed by atoms with van der Waals surface area (Å²) >= 11 is 0. The summed E-state index contributed by atoms with van der Waals surface area (Å²) in [7, 11) is 8.63. The van der Waals surface area contributed by atoms with E-state index < -0.39 is 0 Å². The zero-order valence-corrected chi connectivity index (χ0v) is 12.2. The van der Waals surface area contributed by atoms with Crippen LogP contribution in [-0.2, 0) is 0 Å². The predicted molar refractivity (Wildman–Crippen MR) is 78.2 cm³/mol. The molecule has 0 aliphatic heterocycles. The van der Waals surface area contributed by atoms with Crippen molar-refractivity contribution in [3.63, 3.8) is 0 Å². The molecule has 0 spiro atoms. The molecule has 1 aromatic carbocycles. The number of benzene rings is 1. The summed E-state index contributed by atoms with van der Waals surface area (Å²) in [5, 5.41) is 3.09. The van der Waals surface area contributed by atoms with Crippen LogP contribution in [0, 0.1) is 0 Å². The molecule has 0 fully saturated rings. The van der Waals surface area contributed by atoms with Gasteiger partial charge in [-0.1, -0.05) is 0 Å². The molecular weight excluding hydrogens is 224 g/mol. The quantitative estimate of drug-likeness (QED) is 0.566. The van der Waals surface area contributed by atoms with Crippen molar-refractivity contribution in [3.8, 4) is 5.75 Å². The van der Waals surface area contributed by atoms with Crippen molar-refractivity contribution in [2.24, 2.45) is 0 Å². The average molecular weight is 251 g/mol. The number of anilines is 1. The van der Waals surface area contributed by atoms with Gasteiger partial charge in [-0.3, -0.25) is 0 Å². The van der Waals surface area contributed by atoms with Gasteiger partial charge in [-0.2, -0.15) is 0 Å². The lowest BCUT2D eigenvalue weighted by Gasteiger charge is -2.23. The molecule has 0 atom stereocenters. The predicted octanol–water partition coefficient (Wildman–Crippen LogP) is 2.98. The SMILES string of the molecule is CNc1ccc(OCCCCC[N+](C)(C)C)cc1. The standard InChI is InChI=1S/C15H27N2O/c1-16-14-8-10-15(11-9-14)18-13-7-5-6-12-17(2,3)4/h8-11,16H,5-7,12-13H2,1-4H3/q+1. The minimum absolute atomic E-state index is 0.816. The first-order valence-electron chi connectivity index (χ1n) is 6.72. The number of nitrogens with zero attached hydrogens (tertiary/aromatic N) is 1. The van der Waals surface area contributed by atoms with Crippen LogP contribution in [0.3, 0.4) is 0 Å². The zero-order chi connectivity index (χ0) is 13.4. The Hall–Kier alpha value is -1.22. The normalized spacial score (nSPS) is 11.3. The number of nitrogens with one attached hydrogen (secondary N) is 1. The van der Waals surface area contributed by atoms with Gasteiger partial charge in [0.25, 0.3) is 0 Å². The van der Waals surface area contributed by atoms with Crippen molar-refractivity contribution in [1.82, 2.24) is 0 Å². The Balaban J connectivity index is 2.10. The summed E-state index contributed by atoms with van der Waals surface area (Å²) in [4.78, 5) is 0. The number of hydrogen-bond donors (Lipinski definition) is 1. The molecule has 0 radical (unpaired) electrons. The Kier molecular flexibility index (Phi) is 5.99. The molecule has 0 saturated heterocycles. The van der Waals surface area contributed by atoms with E-state index in [2.05, 4.69) is 26.5 Å². The minimum atomic E-state index is 0.816. The number of rotatable bonds is 8. The molecule has 0 aliphatic rings. The van der Waals surface area contributed by atoms with Gasteiger partial charge in [0.05, 0.1) is 34.3 Å². The fourth-order valence-corrected chi connectivity index (χ4v) is 1.77. The monoisotopic (exact) mass is 251 g/mol. The Morgan fingerprint density at radius 3 is 2.22 bits per heavy atom. The molecule has 1 rings (SSSR count). The van der Waals surface area contributed by atoms with Crippen molar-refractivity contribution in [2.75, 3.05) is 46.7 Å². The molecule has 3 heteroatoms. The van der Waals surface area contributed by atoms with Gasteiger partial charge >= 0.3 is 0 Å². The molecule has 0 saturated carbocycles.